The van der Waals surface area contributed by atoms with Crippen molar-refractivity contribution in [3.05, 3.63) is 23.3 Å². The van der Waals surface area contributed by atoms with E-state index in [4.69, 9.17) is 14.9 Å². The van der Waals surface area contributed by atoms with Crippen molar-refractivity contribution < 1.29 is 9.47 Å². The zero-order valence-electron chi connectivity index (χ0n) is 8.33. The smallest absolute Gasteiger partial charge is 0.161 e. The fraction of sp³-hybridized carbons (Fsp3) is 0.364. The molecule has 1 aliphatic carbocycles. The lowest BCUT2D eigenvalue weighted by Crippen LogP contribution is -2.18. The van der Waals surface area contributed by atoms with Gasteiger partial charge in [0.15, 0.2) is 11.5 Å². The van der Waals surface area contributed by atoms with Crippen LogP contribution >= 0.6 is 0 Å². The summed E-state index contributed by atoms with van der Waals surface area (Å²) in [7, 11) is 3.26. The summed E-state index contributed by atoms with van der Waals surface area (Å²) >= 11 is 0. The molecular weight excluding hydrogens is 178 g/mol. The van der Waals surface area contributed by atoms with Crippen LogP contribution < -0.4 is 9.47 Å². The Morgan fingerprint density at radius 3 is 2.50 bits per heavy atom. The summed E-state index contributed by atoms with van der Waals surface area (Å²) in [5, 5.41) is 7.22. The van der Waals surface area contributed by atoms with Gasteiger partial charge in [-0.3, -0.25) is 0 Å². The Labute approximate surface area is 83.2 Å². The minimum absolute atomic E-state index is 0.268. The second-order valence-corrected chi connectivity index (χ2v) is 3.38. The van der Waals surface area contributed by atoms with Crippen LogP contribution in [0.2, 0.25) is 0 Å². The highest BCUT2D eigenvalue weighted by Crippen LogP contribution is 2.41. The predicted molar refractivity (Wildman–Crippen MR) is 54.8 cm³/mol. The molecule has 1 aromatic carbocycles. The highest BCUT2D eigenvalue weighted by atomic mass is 16.5. The Bertz CT molecular complexity index is 374. The second kappa shape index (κ2) is 3.33. The van der Waals surface area contributed by atoms with Gasteiger partial charge in [0.25, 0.3) is 0 Å². The predicted octanol–water partition coefficient (Wildman–Crippen LogP) is 1.99. The van der Waals surface area contributed by atoms with Crippen LogP contribution in [0.15, 0.2) is 12.1 Å². The van der Waals surface area contributed by atoms with Crippen molar-refractivity contribution >= 4 is 6.21 Å². The minimum atomic E-state index is 0.268. The monoisotopic (exact) mass is 191 g/mol. The summed E-state index contributed by atoms with van der Waals surface area (Å²) in [5.41, 5.74) is 2.45. The molecule has 3 nitrogen and oxygen atoms in total. The molecule has 2 rings (SSSR count). The Morgan fingerprint density at radius 2 is 1.93 bits per heavy atom. The van der Waals surface area contributed by atoms with Crippen LogP contribution in [0.1, 0.15) is 17.0 Å². The fourth-order valence-electron chi connectivity index (χ4n) is 1.82. The van der Waals surface area contributed by atoms with E-state index in [0.29, 0.717) is 0 Å². The highest BCUT2D eigenvalue weighted by Gasteiger charge is 2.26. The average Bonchev–Trinajstić information content (AvgIpc) is 2.20. The highest BCUT2D eigenvalue weighted by molar-refractivity contribution is 5.72. The average molecular weight is 191 g/mol. The van der Waals surface area contributed by atoms with E-state index in [1.807, 2.05) is 12.1 Å². The normalized spacial score (nSPS) is 18.0. The molecule has 1 N–H and O–H groups in total. The molecule has 1 unspecified atom stereocenters. The van der Waals surface area contributed by atoms with Crippen LogP contribution in [0.4, 0.5) is 0 Å². The molecule has 1 atom stereocenters. The molecule has 0 spiro atoms. The molecule has 0 amide bonds. The van der Waals surface area contributed by atoms with Crippen molar-refractivity contribution in [2.45, 2.75) is 12.3 Å². The summed E-state index contributed by atoms with van der Waals surface area (Å²) in [6, 6.07) is 3.96. The molecule has 0 saturated heterocycles. The molecule has 0 fully saturated rings. The summed E-state index contributed by atoms with van der Waals surface area (Å²) in [6.07, 6.45) is 2.42. The van der Waals surface area contributed by atoms with E-state index in [9.17, 15) is 0 Å². The molecule has 0 heterocycles. The van der Waals surface area contributed by atoms with Crippen LogP contribution in [0.3, 0.4) is 0 Å². The van der Waals surface area contributed by atoms with E-state index in [1.165, 1.54) is 17.3 Å². The number of hydrogen-bond acceptors (Lipinski definition) is 3. The van der Waals surface area contributed by atoms with Crippen LogP contribution in [0.25, 0.3) is 0 Å². The van der Waals surface area contributed by atoms with Gasteiger partial charge in [-0.2, -0.15) is 0 Å². The van der Waals surface area contributed by atoms with Crippen molar-refractivity contribution in [3.8, 4) is 11.5 Å². The Morgan fingerprint density at radius 1 is 1.29 bits per heavy atom. The van der Waals surface area contributed by atoms with E-state index in [-0.39, 0.29) is 5.92 Å². The van der Waals surface area contributed by atoms with E-state index < -0.39 is 0 Å². The van der Waals surface area contributed by atoms with Gasteiger partial charge in [-0.15, -0.1) is 0 Å². The third-order valence-electron chi connectivity index (χ3n) is 2.69. The summed E-state index contributed by atoms with van der Waals surface area (Å²) in [5.74, 6) is 1.79. The van der Waals surface area contributed by atoms with Gasteiger partial charge in [-0.05, 0) is 29.7 Å². The van der Waals surface area contributed by atoms with E-state index in [0.717, 1.165) is 17.9 Å². The summed E-state index contributed by atoms with van der Waals surface area (Å²) in [4.78, 5) is 0. The topological polar surface area (TPSA) is 42.3 Å². The number of nitrogens with one attached hydrogen (secondary N) is 1. The fourth-order valence-corrected chi connectivity index (χ4v) is 1.82. The first-order valence-corrected chi connectivity index (χ1v) is 4.55. The first kappa shape index (κ1) is 9.06. The lowest BCUT2D eigenvalue weighted by molar-refractivity contribution is 0.353. The van der Waals surface area contributed by atoms with Crippen LogP contribution in [0, 0.1) is 5.41 Å². The number of ether oxygens (including phenoxy) is 2. The maximum Gasteiger partial charge on any atom is 0.161 e. The van der Waals surface area contributed by atoms with Gasteiger partial charge in [-0.25, -0.2) is 0 Å². The molecule has 1 aromatic rings. The lowest BCUT2D eigenvalue weighted by Gasteiger charge is -2.28. The molecule has 14 heavy (non-hydrogen) atoms. The largest absolute Gasteiger partial charge is 0.493 e. The second-order valence-electron chi connectivity index (χ2n) is 3.38. The van der Waals surface area contributed by atoms with Crippen molar-refractivity contribution in [2.75, 3.05) is 14.2 Å². The van der Waals surface area contributed by atoms with E-state index in [2.05, 4.69) is 0 Å². The summed E-state index contributed by atoms with van der Waals surface area (Å²) in [6.45, 7) is 0. The molecule has 74 valence electrons. The summed E-state index contributed by atoms with van der Waals surface area (Å²) < 4.78 is 10.4. The quantitative estimate of drug-likeness (QED) is 0.742. The Kier molecular flexibility index (Phi) is 2.15. The van der Waals surface area contributed by atoms with Crippen LogP contribution in [-0.2, 0) is 6.42 Å². The zero-order chi connectivity index (χ0) is 10.1. The van der Waals surface area contributed by atoms with Gasteiger partial charge < -0.3 is 14.9 Å². The van der Waals surface area contributed by atoms with E-state index in [1.54, 1.807) is 14.2 Å². The number of benzene rings is 1. The Balaban J connectivity index is 2.43. The molecule has 0 bridgehead atoms. The third kappa shape index (κ3) is 1.16. The molecule has 0 aliphatic heterocycles. The lowest BCUT2D eigenvalue weighted by atomic mass is 9.78. The number of fused-ring (bicyclic) bond motifs is 1. The first-order valence-electron chi connectivity index (χ1n) is 4.55. The third-order valence-corrected chi connectivity index (χ3v) is 2.69. The maximum absolute atomic E-state index is 7.22. The van der Waals surface area contributed by atoms with Crippen molar-refractivity contribution in [1.29, 1.82) is 5.41 Å². The van der Waals surface area contributed by atoms with Gasteiger partial charge in [0.2, 0.25) is 0 Å². The van der Waals surface area contributed by atoms with Gasteiger partial charge in [0, 0.05) is 12.1 Å². The van der Waals surface area contributed by atoms with Gasteiger partial charge >= 0.3 is 0 Å². The standard InChI is InChI=1S/C11H13NO2/c1-13-10-4-7-3-8(6-12)9(7)5-11(10)14-2/h4-6,8,12H,3H2,1-2H3. The first-order chi connectivity index (χ1) is 6.80. The van der Waals surface area contributed by atoms with Crippen LogP contribution in [-0.4, -0.2) is 20.4 Å². The van der Waals surface area contributed by atoms with E-state index >= 15 is 0 Å². The van der Waals surface area contributed by atoms with Gasteiger partial charge in [0.1, 0.15) is 0 Å². The minimum Gasteiger partial charge on any atom is -0.493 e. The molecule has 1 aliphatic rings. The van der Waals surface area contributed by atoms with Crippen molar-refractivity contribution in [1.82, 2.24) is 0 Å². The number of rotatable bonds is 3. The zero-order valence-corrected chi connectivity index (χ0v) is 8.33. The molecule has 0 aromatic heterocycles. The molecular formula is C11H13NO2. The molecule has 3 heteroatoms. The number of hydrogen-bond donors (Lipinski definition) is 1. The molecule has 0 radical (unpaired) electrons. The van der Waals surface area contributed by atoms with Crippen molar-refractivity contribution in [2.24, 2.45) is 0 Å². The number of methoxy groups -OCH3 is 2. The Hall–Kier alpha value is -1.51. The van der Waals surface area contributed by atoms with Gasteiger partial charge in [-0.1, -0.05) is 0 Å². The van der Waals surface area contributed by atoms with Crippen LogP contribution in [0.5, 0.6) is 11.5 Å². The van der Waals surface area contributed by atoms with Crippen molar-refractivity contribution in [3.63, 3.8) is 0 Å². The van der Waals surface area contributed by atoms with Gasteiger partial charge in [0.05, 0.1) is 14.2 Å². The maximum atomic E-state index is 7.22. The SMILES string of the molecule is COc1cc2c(cc1OC)C(C=N)C2. The molecule has 0 saturated carbocycles.